The lowest BCUT2D eigenvalue weighted by Crippen LogP contribution is -2.13. The number of thioether (sulfide) groups is 1. The van der Waals surface area contributed by atoms with Crippen molar-refractivity contribution >= 4 is 22.7 Å². The summed E-state index contributed by atoms with van der Waals surface area (Å²) in [7, 11) is 1.95. The Balaban J connectivity index is 1.63. The Morgan fingerprint density at radius 1 is 1.07 bits per heavy atom. The molecule has 27 heavy (non-hydrogen) atoms. The molecule has 136 valence electrons. The summed E-state index contributed by atoms with van der Waals surface area (Å²) in [5.74, 6) is 1.44. The van der Waals surface area contributed by atoms with E-state index < -0.39 is 0 Å². The van der Waals surface area contributed by atoms with Crippen LogP contribution in [0.4, 0.5) is 0 Å². The van der Waals surface area contributed by atoms with Crippen molar-refractivity contribution in [1.29, 1.82) is 0 Å². The average Bonchev–Trinajstić information content (AvgIpc) is 3.03. The summed E-state index contributed by atoms with van der Waals surface area (Å²) in [6.07, 6.45) is 0. The molecule has 0 aliphatic rings. The van der Waals surface area contributed by atoms with Gasteiger partial charge < -0.3 is 9.55 Å². The fourth-order valence-electron chi connectivity index (χ4n) is 2.88. The first-order chi connectivity index (χ1) is 13.0. The number of H-pyrrole nitrogens is 1. The molecule has 1 unspecified atom stereocenters. The average molecular weight is 377 g/mol. The van der Waals surface area contributed by atoms with Crippen LogP contribution >= 0.6 is 11.8 Å². The smallest absolute Gasteiger partial charge is 0.258 e. The van der Waals surface area contributed by atoms with Gasteiger partial charge in [0.2, 0.25) is 0 Å². The zero-order chi connectivity index (χ0) is 19.0. The number of nitrogens with zero attached hydrogens (tertiary/aromatic N) is 4. The largest absolute Gasteiger partial charge is 0.309 e. The summed E-state index contributed by atoms with van der Waals surface area (Å²) in [5, 5.41) is 9.95. The van der Waals surface area contributed by atoms with Gasteiger partial charge in [-0.05, 0) is 26.0 Å². The second-order valence-corrected chi connectivity index (χ2v) is 7.77. The first kappa shape index (κ1) is 17.5. The van der Waals surface area contributed by atoms with E-state index in [4.69, 9.17) is 0 Å². The quantitative estimate of drug-likeness (QED) is 0.546. The van der Waals surface area contributed by atoms with Gasteiger partial charge in [-0.15, -0.1) is 10.2 Å². The molecule has 4 aromatic rings. The van der Waals surface area contributed by atoms with Gasteiger partial charge >= 0.3 is 0 Å². The van der Waals surface area contributed by atoms with E-state index in [-0.39, 0.29) is 10.8 Å². The summed E-state index contributed by atoms with van der Waals surface area (Å²) >= 11 is 1.52. The number of hydrogen-bond donors (Lipinski definition) is 1. The molecule has 2 aromatic heterocycles. The number of rotatable bonds is 4. The second-order valence-electron chi connectivity index (χ2n) is 6.46. The predicted molar refractivity (Wildman–Crippen MR) is 108 cm³/mol. The van der Waals surface area contributed by atoms with E-state index in [0.29, 0.717) is 16.7 Å². The van der Waals surface area contributed by atoms with Crippen LogP contribution in [0.25, 0.3) is 22.3 Å². The van der Waals surface area contributed by atoms with E-state index in [9.17, 15) is 4.79 Å². The molecule has 0 spiro atoms. The third-order valence-corrected chi connectivity index (χ3v) is 5.59. The van der Waals surface area contributed by atoms with Crippen molar-refractivity contribution in [3.05, 3.63) is 70.3 Å². The van der Waals surface area contributed by atoms with Crippen molar-refractivity contribution < 1.29 is 0 Å². The molecule has 0 amide bonds. The Labute approximate surface area is 160 Å². The van der Waals surface area contributed by atoms with Gasteiger partial charge in [-0.2, -0.15) is 0 Å². The standard InChI is InChI=1S/C20H19N5OS/c1-12-8-10-14(11-9-12)18-23-24-20(25(18)3)27-13(2)17-21-16-7-5-4-6-15(16)19(26)22-17/h4-11,13H,1-3H3,(H,21,22,26). The van der Waals surface area contributed by atoms with E-state index in [1.807, 2.05) is 48.9 Å². The molecule has 2 heterocycles. The highest BCUT2D eigenvalue weighted by Gasteiger charge is 2.17. The lowest BCUT2D eigenvalue weighted by molar-refractivity contribution is 0.786. The van der Waals surface area contributed by atoms with Crippen molar-refractivity contribution in [2.75, 3.05) is 0 Å². The molecule has 7 heteroatoms. The van der Waals surface area contributed by atoms with Crippen LogP contribution in [-0.2, 0) is 7.05 Å². The van der Waals surface area contributed by atoms with Crippen LogP contribution < -0.4 is 5.56 Å². The van der Waals surface area contributed by atoms with Gasteiger partial charge in [0.25, 0.3) is 5.56 Å². The Hall–Kier alpha value is -2.93. The minimum atomic E-state index is -0.124. The van der Waals surface area contributed by atoms with Crippen molar-refractivity contribution in [2.24, 2.45) is 7.05 Å². The van der Waals surface area contributed by atoms with Gasteiger partial charge in [-0.3, -0.25) is 4.79 Å². The van der Waals surface area contributed by atoms with Crippen LogP contribution in [0, 0.1) is 6.92 Å². The van der Waals surface area contributed by atoms with Crippen molar-refractivity contribution in [3.8, 4) is 11.4 Å². The highest BCUT2D eigenvalue weighted by Crippen LogP contribution is 2.33. The van der Waals surface area contributed by atoms with Gasteiger partial charge in [0.15, 0.2) is 11.0 Å². The number of aromatic nitrogens is 5. The molecule has 0 fully saturated rings. The molecule has 0 radical (unpaired) electrons. The topological polar surface area (TPSA) is 76.5 Å². The summed E-state index contributed by atoms with van der Waals surface area (Å²) in [4.78, 5) is 19.8. The lowest BCUT2D eigenvalue weighted by Gasteiger charge is -2.11. The van der Waals surface area contributed by atoms with Gasteiger partial charge in [0.05, 0.1) is 16.2 Å². The first-order valence-electron chi connectivity index (χ1n) is 8.65. The maximum Gasteiger partial charge on any atom is 0.258 e. The number of aryl methyl sites for hydroxylation is 1. The Kier molecular flexibility index (Phi) is 4.53. The van der Waals surface area contributed by atoms with E-state index >= 15 is 0 Å². The highest BCUT2D eigenvalue weighted by atomic mass is 32.2. The number of aromatic amines is 1. The maximum atomic E-state index is 12.3. The van der Waals surface area contributed by atoms with Gasteiger partial charge in [-0.1, -0.05) is 53.7 Å². The number of benzene rings is 2. The summed E-state index contributed by atoms with van der Waals surface area (Å²) in [6.45, 7) is 4.05. The number of hydrogen-bond acceptors (Lipinski definition) is 5. The zero-order valence-electron chi connectivity index (χ0n) is 15.3. The summed E-state index contributed by atoms with van der Waals surface area (Å²) < 4.78 is 1.96. The first-order valence-corrected chi connectivity index (χ1v) is 9.53. The predicted octanol–water partition coefficient (Wildman–Crippen LogP) is 3.88. The third kappa shape index (κ3) is 3.38. The molecule has 0 saturated carbocycles. The van der Waals surface area contributed by atoms with Gasteiger partial charge in [-0.25, -0.2) is 4.98 Å². The van der Waals surface area contributed by atoms with Crippen LogP contribution in [0.3, 0.4) is 0 Å². The molecule has 0 bridgehead atoms. The molecule has 4 rings (SSSR count). The fraction of sp³-hybridized carbons (Fsp3) is 0.200. The molecule has 1 atom stereocenters. The van der Waals surface area contributed by atoms with Crippen LogP contribution in [-0.4, -0.2) is 24.7 Å². The van der Waals surface area contributed by atoms with Crippen molar-refractivity contribution in [1.82, 2.24) is 24.7 Å². The molecule has 6 nitrogen and oxygen atoms in total. The molecular formula is C20H19N5OS. The van der Waals surface area contributed by atoms with E-state index in [2.05, 4.69) is 39.2 Å². The Morgan fingerprint density at radius 2 is 1.81 bits per heavy atom. The maximum absolute atomic E-state index is 12.3. The van der Waals surface area contributed by atoms with E-state index in [0.717, 1.165) is 16.5 Å². The van der Waals surface area contributed by atoms with Crippen molar-refractivity contribution in [3.63, 3.8) is 0 Å². The zero-order valence-corrected chi connectivity index (χ0v) is 16.1. The number of nitrogens with one attached hydrogen (secondary N) is 1. The highest BCUT2D eigenvalue weighted by molar-refractivity contribution is 7.99. The SMILES string of the molecule is Cc1ccc(-c2nnc(SC(C)c3nc4ccccc4c(=O)[nH]3)n2C)cc1. The number of para-hydroxylation sites is 1. The summed E-state index contributed by atoms with van der Waals surface area (Å²) in [5.41, 5.74) is 2.80. The minimum Gasteiger partial charge on any atom is -0.309 e. The number of fused-ring (bicyclic) bond motifs is 1. The molecule has 0 aliphatic heterocycles. The molecule has 0 aliphatic carbocycles. The van der Waals surface area contributed by atoms with Crippen LogP contribution in [0.2, 0.25) is 0 Å². The van der Waals surface area contributed by atoms with Crippen LogP contribution in [0.5, 0.6) is 0 Å². The Bertz CT molecular complexity index is 1160. The van der Waals surface area contributed by atoms with Crippen molar-refractivity contribution in [2.45, 2.75) is 24.3 Å². The lowest BCUT2D eigenvalue weighted by atomic mass is 10.1. The van der Waals surface area contributed by atoms with E-state index in [1.165, 1.54) is 17.3 Å². The molecule has 0 saturated heterocycles. The van der Waals surface area contributed by atoms with Gasteiger partial charge in [0.1, 0.15) is 5.82 Å². The summed E-state index contributed by atoms with van der Waals surface area (Å²) in [6, 6.07) is 15.5. The fourth-order valence-corrected chi connectivity index (χ4v) is 3.75. The normalized spacial score (nSPS) is 12.4. The molecule has 1 N–H and O–H groups in total. The van der Waals surface area contributed by atoms with Crippen LogP contribution in [0.1, 0.15) is 23.6 Å². The van der Waals surface area contributed by atoms with Gasteiger partial charge in [0, 0.05) is 12.6 Å². The van der Waals surface area contributed by atoms with E-state index in [1.54, 1.807) is 6.07 Å². The Morgan fingerprint density at radius 3 is 2.59 bits per heavy atom. The molecular weight excluding hydrogens is 358 g/mol. The molecule has 2 aromatic carbocycles. The minimum absolute atomic E-state index is 0.0731. The second kappa shape index (κ2) is 7.00. The van der Waals surface area contributed by atoms with Crippen LogP contribution in [0.15, 0.2) is 58.5 Å². The third-order valence-electron chi connectivity index (χ3n) is 4.44. The monoisotopic (exact) mass is 377 g/mol.